The number of sulfonamides is 1. The lowest BCUT2D eigenvalue weighted by Gasteiger charge is -2.15. The summed E-state index contributed by atoms with van der Waals surface area (Å²) >= 11 is 0. The van der Waals surface area contributed by atoms with E-state index in [0.29, 0.717) is 35.9 Å². The van der Waals surface area contributed by atoms with Crippen LogP contribution in [-0.2, 0) is 14.8 Å². The molecule has 1 aliphatic rings. The molecular weight excluding hydrogens is 513 g/mol. The molecule has 2 aromatic heterocycles. The predicted molar refractivity (Wildman–Crippen MR) is 142 cm³/mol. The van der Waals surface area contributed by atoms with Crippen molar-refractivity contribution in [1.29, 1.82) is 0 Å². The Labute approximate surface area is 224 Å². The smallest absolute Gasteiger partial charge is 0.281 e. The molecule has 3 aromatic rings. The predicted octanol–water partition coefficient (Wildman–Crippen LogP) is 4.79. The van der Waals surface area contributed by atoms with Gasteiger partial charge in [-0.05, 0) is 62.1 Å². The van der Waals surface area contributed by atoms with Crippen molar-refractivity contribution in [3.8, 4) is 22.9 Å². The zero-order chi connectivity index (χ0) is 27.3. The van der Waals surface area contributed by atoms with Crippen molar-refractivity contribution in [2.75, 3.05) is 19.8 Å². The van der Waals surface area contributed by atoms with Crippen LogP contribution in [0.25, 0.3) is 11.3 Å². The normalized spacial score (nSPS) is 15.4. The average Bonchev–Trinajstić information content (AvgIpc) is 3.39. The number of rotatable bonds is 10. The van der Waals surface area contributed by atoms with Gasteiger partial charge in [0.1, 0.15) is 23.7 Å². The highest BCUT2D eigenvalue weighted by molar-refractivity contribution is 7.90. The molecule has 206 valence electrons. The molecule has 1 unspecified atom stereocenters. The monoisotopic (exact) mass is 547 g/mol. The van der Waals surface area contributed by atoms with Crippen LogP contribution in [0.1, 0.15) is 45.6 Å². The highest BCUT2D eigenvalue weighted by Crippen LogP contribution is 2.28. The summed E-state index contributed by atoms with van der Waals surface area (Å²) in [5, 5.41) is -0.286. The van der Waals surface area contributed by atoms with E-state index in [0.717, 1.165) is 12.8 Å². The van der Waals surface area contributed by atoms with Gasteiger partial charge in [0, 0.05) is 26.8 Å². The van der Waals surface area contributed by atoms with Gasteiger partial charge in [-0.1, -0.05) is 19.9 Å². The van der Waals surface area contributed by atoms with Gasteiger partial charge in [-0.2, -0.15) is 8.42 Å². The number of ether oxygens (including phenoxy) is 3. The number of benzene rings is 1. The second-order valence-electron chi connectivity index (χ2n) is 9.43. The van der Waals surface area contributed by atoms with Gasteiger partial charge in [0.05, 0.1) is 18.4 Å². The van der Waals surface area contributed by atoms with E-state index in [-0.39, 0.29) is 38.0 Å². The maximum absolute atomic E-state index is 14.4. The van der Waals surface area contributed by atoms with Crippen molar-refractivity contribution in [2.45, 2.75) is 44.7 Å². The number of halogens is 1. The molecular formula is C27H34FN3O6S. The summed E-state index contributed by atoms with van der Waals surface area (Å²) in [4.78, 5) is 21.5. The highest BCUT2D eigenvalue weighted by atomic mass is 32.2. The molecule has 9 nitrogen and oxygen atoms in total. The summed E-state index contributed by atoms with van der Waals surface area (Å²) in [6.45, 7) is 6.76. The Morgan fingerprint density at radius 2 is 2.00 bits per heavy atom. The van der Waals surface area contributed by atoms with Gasteiger partial charge in [-0.25, -0.2) is 19.1 Å². The van der Waals surface area contributed by atoms with Gasteiger partial charge < -0.3 is 14.2 Å². The molecule has 1 atom stereocenters. The first kappa shape index (κ1) is 27.5. The average molecular weight is 548 g/mol. The zero-order valence-electron chi connectivity index (χ0n) is 21.4. The zero-order valence-corrected chi connectivity index (χ0v) is 22.3. The van der Waals surface area contributed by atoms with E-state index in [4.69, 9.17) is 14.2 Å². The van der Waals surface area contributed by atoms with Crippen LogP contribution in [-0.4, -0.2) is 50.2 Å². The lowest BCUT2D eigenvalue weighted by Crippen LogP contribution is -2.32. The van der Waals surface area contributed by atoms with Crippen LogP contribution in [0.4, 0.5) is 4.39 Å². The summed E-state index contributed by atoms with van der Waals surface area (Å²) in [6.07, 6.45) is 1.50. The van der Waals surface area contributed by atoms with Crippen LogP contribution in [0.3, 0.4) is 0 Å². The Bertz CT molecular complexity index is 1420. The van der Waals surface area contributed by atoms with Crippen LogP contribution >= 0.6 is 0 Å². The SMILES string of the molecule is Cc1cccc(S(=O)(=O)NC(=O)c2ccc(-c3cc(F)cc(OCC(C)C)c3)nc2OCC2CCCO2)n1.[HH].[HH]. The molecule has 1 saturated heterocycles. The topological polar surface area (TPSA) is 117 Å². The molecule has 11 heteroatoms. The molecule has 0 bridgehead atoms. The number of hydrogen-bond donors (Lipinski definition) is 1. The third-order valence-electron chi connectivity index (χ3n) is 5.65. The third-order valence-corrected chi connectivity index (χ3v) is 6.88. The van der Waals surface area contributed by atoms with E-state index < -0.39 is 21.7 Å². The van der Waals surface area contributed by atoms with Crippen LogP contribution in [0.2, 0.25) is 0 Å². The van der Waals surface area contributed by atoms with Gasteiger partial charge in [-0.15, -0.1) is 0 Å². The number of hydrogen-bond acceptors (Lipinski definition) is 8. The first-order valence-electron chi connectivity index (χ1n) is 12.3. The molecule has 0 saturated carbocycles. The first-order valence-corrected chi connectivity index (χ1v) is 13.8. The van der Waals surface area contributed by atoms with Gasteiger partial charge >= 0.3 is 0 Å². The second-order valence-corrected chi connectivity index (χ2v) is 11.1. The summed E-state index contributed by atoms with van der Waals surface area (Å²) < 4.78 is 59.1. The number of carbonyl (C=O) groups is 1. The Balaban J connectivity index is 0.00000280. The van der Waals surface area contributed by atoms with E-state index in [1.165, 1.54) is 36.4 Å². The minimum Gasteiger partial charge on any atom is -0.493 e. The number of amides is 1. The molecule has 1 amide bonds. The van der Waals surface area contributed by atoms with Crippen molar-refractivity contribution >= 4 is 15.9 Å². The van der Waals surface area contributed by atoms with E-state index in [1.807, 2.05) is 18.6 Å². The number of aromatic nitrogens is 2. The molecule has 0 spiro atoms. The quantitative estimate of drug-likeness (QED) is 0.385. The third kappa shape index (κ3) is 7.05. The summed E-state index contributed by atoms with van der Waals surface area (Å²) in [7, 11) is -4.25. The van der Waals surface area contributed by atoms with E-state index in [1.54, 1.807) is 19.1 Å². The molecule has 1 N–H and O–H groups in total. The number of nitrogens with one attached hydrogen (secondary N) is 1. The van der Waals surface area contributed by atoms with E-state index >= 15 is 0 Å². The Morgan fingerprint density at radius 3 is 2.71 bits per heavy atom. The first-order chi connectivity index (χ1) is 18.1. The van der Waals surface area contributed by atoms with Gasteiger partial charge in [0.15, 0.2) is 5.03 Å². The highest BCUT2D eigenvalue weighted by Gasteiger charge is 2.25. The van der Waals surface area contributed by atoms with E-state index in [9.17, 15) is 17.6 Å². The molecule has 1 aliphatic heterocycles. The number of aryl methyl sites for hydroxylation is 1. The number of carbonyl (C=O) groups excluding carboxylic acids is 1. The molecule has 0 radical (unpaired) electrons. The van der Waals surface area contributed by atoms with E-state index in [2.05, 4.69) is 9.97 Å². The Kier molecular flexibility index (Phi) is 8.58. The van der Waals surface area contributed by atoms with Crippen LogP contribution in [0.15, 0.2) is 53.6 Å². The van der Waals surface area contributed by atoms with Crippen LogP contribution < -0.4 is 14.2 Å². The largest absolute Gasteiger partial charge is 0.493 e. The fourth-order valence-corrected chi connectivity index (χ4v) is 4.77. The fourth-order valence-electron chi connectivity index (χ4n) is 3.79. The minimum atomic E-state index is -4.25. The molecule has 1 fully saturated rings. The number of nitrogens with zero attached hydrogens (tertiary/aromatic N) is 2. The molecule has 3 heterocycles. The van der Waals surface area contributed by atoms with Gasteiger partial charge in [0.2, 0.25) is 5.88 Å². The Hall–Kier alpha value is -3.57. The van der Waals surface area contributed by atoms with Crippen molar-refractivity contribution in [2.24, 2.45) is 5.92 Å². The molecule has 4 rings (SSSR count). The second kappa shape index (κ2) is 11.9. The lowest BCUT2D eigenvalue weighted by atomic mass is 10.1. The number of pyridine rings is 2. The Morgan fingerprint density at radius 1 is 1.18 bits per heavy atom. The molecule has 1 aromatic carbocycles. The molecule has 0 aliphatic carbocycles. The molecule has 38 heavy (non-hydrogen) atoms. The summed E-state index contributed by atoms with van der Waals surface area (Å²) in [5.41, 5.74) is 1.12. The van der Waals surface area contributed by atoms with Crippen molar-refractivity contribution < 1.29 is 34.7 Å². The summed E-state index contributed by atoms with van der Waals surface area (Å²) in [5.74, 6) is -0.951. The van der Waals surface area contributed by atoms with Crippen molar-refractivity contribution in [3.05, 3.63) is 65.6 Å². The maximum atomic E-state index is 14.4. The summed E-state index contributed by atoms with van der Waals surface area (Å²) in [6, 6.07) is 11.6. The van der Waals surface area contributed by atoms with Gasteiger partial charge in [0.25, 0.3) is 15.9 Å². The van der Waals surface area contributed by atoms with Gasteiger partial charge in [-0.3, -0.25) is 4.79 Å². The van der Waals surface area contributed by atoms with Crippen molar-refractivity contribution in [3.63, 3.8) is 0 Å². The van der Waals surface area contributed by atoms with Crippen LogP contribution in [0.5, 0.6) is 11.6 Å². The standard InChI is InChI=1S/C27H30FN3O6S.2H2/c1-17(2)15-36-22-13-19(12-20(28)14-22)24-10-9-23(27(30-24)37-16-21-7-5-11-35-21)26(32)31-38(33,34)25-8-4-6-18(3)29-25;;/h4,6,8-10,12-14,17,21H,5,7,11,15-16H2,1-3H3,(H,31,32);2*1H. The lowest BCUT2D eigenvalue weighted by molar-refractivity contribution is 0.0655. The van der Waals surface area contributed by atoms with Crippen molar-refractivity contribution in [1.82, 2.24) is 14.7 Å². The maximum Gasteiger partial charge on any atom is 0.281 e. The minimum absolute atomic E-state index is 0. The van der Waals surface area contributed by atoms with Crippen LogP contribution in [0, 0.1) is 18.7 Å². The fraction of sp³-hybridized carbons (Fsp3) is 0.370.